The second-order valence-electron chi connectivity index (χ2n) is 15.8. The van der Waals surface area contributed by atoms with Crippen molar-refractivity contribution >= 4 is 57.3 Å². The molecule has 3 aliphatic heterocycles. The lowest BCUT2D eigenvalue weighted by Gasteiger charge is -2.35. The van der Waals surface area contributed by atoms with Gasteiger partial charge in [-0.05, 0) is 69.2 Å². The van der Waals surface area contributed by atoms with Gasteiger partial charge in [0.15, 0.2) is 0 Å². The number of halogens is 2. The third-order valence-electron chi connectivity index (χ3n) is 11.4. The number of fused-ring (bicyclic) bond motifs is 5. The van der Waals surface area contributed by atoms with Crippen molar-refractivity contribution in [2.75, 3.05) is 26.0 Å². The summed E-state index contributed by atoms with van der Waals surface area (Å²) in [5.74, 6) is -3.24. The Bertz CT molecular complexity index is 1920. The quantitative estimate of drug-likeness (QED) is 0.169. The van der Waals surface area contributed by atoms with Gasteiger partial charge in [-0.25, -0.2) is 14.2 Å². The van der Waals surface area contributed by atoms with Gasteiger partial charge in [-0.15, -0.1) is 11.8 Å². The number of amides is 2. The molecule has 14 heteroatoms. The van der Waals surface area contributed by atoms with Crippen molar-refractivity contribution in [2.24, 2.45) is 33.2 Å². The van der Waals surface area contributed by atoms with E-state index in [-0.39, 0.29) is 25.2 Å². The van der Waals surface area contributed by atoms with E-state index in [1.165, 1.54) is 16.8 Å². The van der Waals surface area contributed by atoms with E-state index in [2.05, 4.69) is 60.9 Å². The highest BCUT2D eigenvalue weighted by atomic mass is 32.2. The summed E-state index contributed by atoms with van der Waals surface area (Å²) in [6, 6.07) is 4.35. The number of carbonyl (C=O) groups is 3. The summed E-state index contributed by atoms with van der Waals surface area (Å²) < 4.78 is 41.3. The molecule has 298 valence electrons. The number of allylic oxidation sites excluding steroid dienone is 2. The normalized spacial score (nSPS) is 28.1. The molecular formula is C41H54F2N6O5S. The lowest BCUT2D eigenvalue weighted by molar-refractivity contribution is -0.155. The lowest BCUT2D eigenvalue weighted by atomic mass is 9.84. The van der Waals surface area contributed by atoms with E-state index in [0.29, 0.717) is 43.1 Å². The number of cyclic esters (lactones) is 1. The second kappa shape index (κ2) is 16.7. The van der Waals surface area contributed by atoms with Gasteiger partial charge < -0.3 is 19.4 Å². The molecule has 6 bridgehead atoms. The summed E-state index contributed by atoms with van der Waals surface area (Å²) in [5.41, 5.74) is 8.25. The molecule has 1 aromatic heterocycles. The SMILES string of the molecule is C=C/C(=C(\N=CC)[C@H](C)OC)c1c2c3cc(ccc3n1CC)C1CSC(=N1)C[C@H](NC(=O)[C@H]1[C@H](C)[C@@H]1C(F)F)C(=O)N1CCC[C@H](N1)C(=O)OCC(C)(C)C2. The molecule has 4 heterocycles. The summed E-state index contributed by atoms with van der Waals surface area (Å²) in [4.78, 5) is 50.9. The van der Waals surface area contributed by atoms with Crippen LogP contribution in [0.5, 0.6) is 0 Å². The van der Waals surface area contributed by atoms with Crippen LogP contribution in [0.2, 0.25) is 0 Å². The Balaban J connectivity index is 1.47. The van der Waals surface area contributed by atoms with Crippen LogP contribution in [0, 0.1) is 23.2 Å². The number of rotatable bonds is 9. The maximum atomic E-state index is 14.1. The van der Waals surface area contributed by atoms with Gasteiger partial charge in [0.25, 0.3) is 5.91 Å². The summed E-state index contributed by atoms with van der Waals surface area (Å²) in [5, 5.41) is 5.91. The highest BCUT2D eigenvalue weighted by Crippen LogP contribution is 2.50. The lowest BCUT2D eigenvalue weighted by Crippen LogP contribution is -2.60. The molecule has 2 fully saturated rings. The van der Waals surface area contributed by atoms with E-state index < -0.39 is 59.5 Å². The van der Waals surface area contributed by atoms with E-state index in [9.17, 15) is 23.2 Å². The van der Waals surface area contributed by atoms with E-state index in [0.717, 1.165) is 39.0 Å². The molecule has 1 aliphatic carbocycles. The van der Waals surface area contributed by atoms with Crippen LogP contribution in [0.1, 0.15) is 83.7 Å². The van der Waals surface area contributed by atoms with Crippen LogP contribution in [-0.2, 0) is 36.8 Å². The number of hydrazine groups is 1. The second-order valence-corrected chi connectivity index (χ2v) is 16.9. The van der Waals surface area contributed by atoms with Crippen molar-refractivity contribution in [1.29, 1.82) is 0 Å². The summed E-state index contributed by atoms with van der Waals surface area (Å²) in [7, 11) is 1.66. The van der Waals surface area contributed by atoms with Crippen LogP contribution in [0.4, 0.5) is 8.78 Å². The van der Waals surface area contributed by atoms with Gasteiger partial charge in [0, 0.05) is 72.3 Å². The molecule has 0 radical (unpaired) electrons. The van der Waals surface area contributed by atoms with E-state index >= 15 is 0 Å². The minimum absolute atomic E-state index is 0.101. The standard InChI is InChI=1S/C41H54F2N6O5S/c1-9-25(35(44-10-2)23(5)53-8)36-27-19-41(6,7)21-54-40(52)28-13-12-16-49(47-28)39(51)29(46-38(50)34-22(4)33(34)37(42)43)18-32-45-30(20-55-32)24-14-15-31(26(27)17-24)48(36)11-3/h9-10,14-15,17,22-23,28-30,33-34,37,47H,1,11-13,16,18-21H2,2-8H3,(H,46,50)/b35-25+,44-10?/t22-,23+,28+,29+,30?,33+,34+/m1/s1. The molecule has 6 rings (SSSR count). The molecule has 1 saturated heterocycles. The van der Waals surface area contributed by atoms with E-state index in [1.807, 2.05) is 19.9 Å². The zero-order valence-corrected chi connectivity index (χ0v) is 33.7. The van der Waals surface area contributed by atoms with Crippen molar-refractivity contribution in [2.45, 2.75) is 104 Å². The first-order valence-electron chi connectivity index (χ1n) is 19.3. The highest BCUT2D eigenvalue weighted by molar-refractivity contribution is 8.14. The van der Waals surface area contributed by atoms with Gasteiger partial charge in [0.1, 0.15) is 12.1 Å². The number of thioether (sulfide) groups is 1. The van der Waals surface area contributed by atoms with Crippen LogP contribution < -0.4 is 10.7 Å². The molecule has 0 spiro atoms. The fraction of sp³-hybridized carbons (Fsp3) is 0.585. The van der Waals surface area contributed by atoms with Crippen molar-refractivity contribution in [3.05, 3.63) is 53.4 Å². The number of ether oxygens (including phenoxy) is 2. The van der Waals surface area contributed by atoms with Crippen LogP contribution in [0.15, 0.2) is 46.5 Å². The number of nitrogens with one attached hydrogen (secondary N) is 2. The molecule has 2 N–H and O–H groups in total. The number of methoxy groups -OCH3 is 1. The molecule has 1 saturated carbocycles. The molecule has 4 aliphatic rings. The minimum Gasteiger partial charge on any atom is -0.464 e. The Morgan fingerprint density at radius 2 is 2.07 bits per heavy atom. The number of esters is 1. The number of aliphatic imine (C=N–C) groups is 2. The van der Waals surface area contributed by atoms with Crippen molar-refractivity contribution in [3.63, 3.8) is 0 Å². The number of aryl methyl sites for hydroxylation is 1. The zero-order valence-electron chi connectivity index (χ0n) is 32.9. The van der Waals surface area contributed by atoms with Crippen LogP contribution in [0.3, 0.4) is 0 Å². The first kappa shape index (κ1) is 40.8. The predicted octanol–water partition coefficient (Wildman–Crippen LogP) is 6.51. The maximum absolute atomic E-state index is 14.1. The Kier molecular flexibility index (Phi) is 12.4. The van der Waals surface area contributed by atoms with E-state index in [4.69, 9.17) is 19.5 Å². The molecule has 1 aromatic carbocycles. The molecular weight excluding hydrogens is 727 g/mol. The average Bonchev–Trinajstić information content (AvgIpc) is 3.48. The summed E-state index contributed by atoms with van der Waals surface area (Å²) in [6.45, 7) is 17.1. The largest absolute Gasteiger partial charge is 0.464 e. The fourth-order valence-corrected chi connectivity index (χ4v) is 9.38. The van der Waals surface area contributed by atoms with E-state index in [1.54, 1.807) is 20.2 Å². The average molecular weight is 781 g/mol. The van der Waals surface area contributed by atoms with Crippen molar-refractivity contribution < 1.29 is 32.6 Å². The maximum Gasteiger partial charge on any atom is 0.324 e. The number of hydrogen-bond acceptors (Lipinski definition) is 9. The Morgan fingerprint density at radius 3 is 2.73 bits per heavy atom. The topological polar surface area (TPSA) is 127 Å². The van der Waals surface area contributed by atoms with Crippen LogP contribution in [0.25, 0.3) is 16.5 Å². The van der Waals surface area contributed by atoms with Gasteiger partial charge >= 0.3 is 5.97 Å². The molecule has 55 heavy (non-hydrogen) atoms. The summed E-state index contributed by atoms with van der Waals surface area (Å²) >= 11 is 1.52. The van der Waals surface area contributed by atoms with Gasteiger partial charge in [-0.2, -0.15) is 0 Å². The smallest absolute Gasteiger partial charge is 0.324 e. The van der Waals surface area contributed by atoms with Crippen molar-refractivity contribution in [1.82, 2.24) is 20.3 Å². The van der Waals surface area contributed by atoms with Crippen molar-refractivity contribution in [3.8, 4) is 0 Å². The molecule has 7 atom stereocenters. The summed E-state index contributed by atoms with van der Waals surface area (Å²) in [6.07, 6.45) is 2.33. The highest BCUT2D eigenvalue weighted by Gasteiger charge is 2.57. The number of carbonyl (C=O) groups excluding carboxylic acids is 3. The molecule has 11 nitrogen and oxygen atoms in total. The minimum atomic E-state index is -2.62. The van der Waals surface area contributed by atoms with Gasteiger partial charge in [-0.3, -0.25) is 29.4 Å². The van der Waals surface area contributed by atoms with Crippen LogP contribution in [-0.4, -0.2) is 89.2 Å². The Hall–Kier alpha value is -3.88. The molecule has 2 aromatic rings. The Morgan fingerprint density at radius 1 is 1.31 bits per heavy atom. The zero-order chi connectivity index (χ0) is 39.8. The third-order valence-corrected chi connectivity index (χ3v) is 12.5. The molecule has 1 unspecified atom stereocenters. The molecule has 2 amide bonds. The number of hydrogen-bond donors (Lipinski definition) is 2. The van der Waals surface area contributed by atoms with Crippen LogP contribution >= 0.6 is 11.8 Å². The van der Waals surface area contributed by atoms with Gasteiger partial charge in [-0.1, -0.05) is 39.5 Å². The van der Waals surface area contributed by atoms with Gasteiger partial charge in [0.2, 0.25) is 12.3 Å². The fourth-order valence-electron chi connectivity index (χ4n) is 8.27. The van der Waals surface area contributed by atoms with Gasteiger partial charge in [0.05, 0.1) is 35.2 Å². The number of nitrogens with zero attached hydrogens (tertiary/aromatic N) is 4. The predicted molar refractivity (Wildman–Crippen MR) is 213 cm³/mol. The number of aromatic nitrogens is 1. The first-order valence-corrected chi connectivity index (χ1v) is 20.3. The monoisotopic (exact) mass is 780 g/mol. The third kappa shape index (κ3) is 8.32. The first-order chi connectivity index (χ1) is 26.2. The number of benzene rings is 1. The number of alkyl halides is 2. The Labute approximate surface area is 326 Å².